The van der Waals surface area contributed by atoms with Crippen molar-refractivity contribution in [1.29, 1.82) is 0 Å². The summed E-state index contributed by atoms with van der Waals surface area (Å²) in [4.78, 5) is 0. The van der Waals surface area contributed by atoms with Crippen LogP contribution in [-0.2, 0) is 6.42 Å². The van der Waals surface area contributed by atoms with Crippen molar-refractivity contribution in [1.82, 2.24) is 0 Å². The Bertz CT molecular complexity index is 1170. The van der Waals surface area contributed by atoms with Crippen molar-refractivity contribution in [2.45, 2.75) is 97.3 Å². The van der Waals surface area contributed by atoms with Gasteiger partial charge in [-0.25, -0.2) is 4.39 Å². The molecule has 4 rings (SSSR count). The molecule has 0 spiro atoms. The summed E-state index contributed by atoms with van der Waals surface area (Å²) in [6, 6.07) is 21.2. The molecular formula is C36H44ClF. The molecule has 0 fully saturated rings. The van der Waals surface area contributed by atoms with Crippen molar-refractivity contribution in [3.63, 3.8) is 0 Å². The first-order valence-corrected chi connectivity index (χ1v) is 15.4. The molecule has 0 amide bonds. The van der Waals surface area contributed by atoms with Crippen molar-refractivity contribution in [3.05, 3.63) is 88.7 Å². The molecule has 0 aliphatic heterocycles. The first-order chi connectivity index (χ1) is 18.6. The molecule has 2 heteroatoms. The molecule has 38 heavy (non-hydrogen) atoms. The molecule has 0 aromatic heterocycles. The summed E-state index contributed by atoms with van der Waals surface area (Å²) in [7, 11) is 0. The van der Waals surface area contributed by atoms with E-state index in [-0.39, 0.29) is 10.8 Å². The van der Waals surface area contributed by atoms with Crippen molar-refractivity contribution in [2.75, 3.05) is 0 Å². The highest BCUT2D eigenvalue weighted by Gasteiger charge is 2.16. The number of halogens is 2. The Hall–Kier alpha value is -2.38. The lowest BCUT2D eigenvalue weighted by Crippen LogP contribution is -2.05. The van der Waals surface area contributed by atoms with Crippen molar-refractivity contribution in [2.24, 2.45) is 5.92 Å². The Morgan fingerprint density at radius 3 is 1.95 bits per heavy atom. The largest absolute Gasteiger partial charge is 0.205 e. The smallest absolute Gasteiger partial charge is 0.145 e. The second-order valence-electron chi connectivity index (χ2n) is 11.1. The quantitative estimate of drug-likeness (QED) is 0.193. The SMILES string of the molecule is CCCCCCCC1CC=C(c2ccc(-c3ccc(-c4ccc(CCCCC)c(F)c4Cl)cc3)cc2)CC1. The lowest BCUT2D eigenvalue weighted by atomic mass is 9.83. The Kier molecular flexibility index (Phi) is 11.1. The number of rotatable bonds is 13. The second kappa shape index (κ2) is 14.7. The molecule has 3 aromatic rings. The number of unbranched alkanes of at least 4 members (excludes halogenated alkanes) is 6. The first-order valence-electron chi connectivity index (χ1n) is 15.0. The van der Waals surface area contributed by atoms with Gasteiger partial charge in [0.1, 0.15) is 5.82 Å². The average molecular weight is 531 g/mol. The van der Waals surface area contributed by atoms with Crippen molar-refractivity contribution < 1.29 is 4.39 Å². The number of hydrogen-bond acceptors (Lipinski definition) is 0. The maximum Gasteiger partial charge on any atom is 0.145 e. The van der Waals surface area contributed by atoms with E-state index in [0.29, 0.717) is 0 Å². The predicted octanol–water partition coefficient (Wildman–Crippen LogP) is 12.1. The van der Waals surface area contributed by atoms with Gasteiger partial charge >= 0.3 is 0 Å². The zero-order valence-corrected chi connectivity index (χ0v) is 24.1. The van der Waals surface area contributed by atoms with Crippen molar-refractivity contribution >= 4 is 17.2 Å². The van der Waals surface area contributed by atoms with Crippen LogP contribution in [0.1, 0.15) is 102 Å². The van der Waals surface area contributed by atoms with Gasteiger partial charge in [0.25, 0.3) is 0 Å². The van der Waals surface area contributed by atoms with Gasteiger partial charge in [-0.05, 0) is 71.4 Å². The summed E-state index contributed by atoms with van der Waals surface area (Å²) >= 11 is 6.47. The highest BCUT2D eigenvalue weighted by atomic mass is 35.5. The fraction of sp³-hybridized carbons (Fsp3) is 0.444. The van der Waals surface area contributed by atoms with E-state index in [1.807, 2.05) is 24.3 Å². The van der Waals surface area contributed by atoms with E-state index in [2.05, 4.69) is 56.3 Å². The van der Waals surface area contributed by atoms with E-state index in [0.717, 1.165) is 53.9 Å². The highest BCUT2D eigenvalue weighted by Crippen LogP contribution is 2.35. The van der Waals surface area contributed by atoms with Crippen LogP contribution >= 0.6 is 11.6 Å². The minimum atomic E-state index is -0.268. The van der Waals surface area contributed by atoms with Crippen LogP contribution in [0.15, 0.2) is 66.7 Å². The maximum atomic E-state index is 14.9. The summed E-state index contributed by atoms with van der Waals surface area (Å²) in [5.74, 6) is 0.604. The van der Waals surface area contributed by atoms with Gasteiger partial charge in [0.05, 0.1) is 5.02 Å². The molecule has 202 valence electrons. The summed E-state index contributed by atoms with van der Waals surface area (Å²) in [5.41, 5.74) is 7.64. The highest BCUT2D eigenvalue weighted by molar-refractivity contribution is 6.33. The van der Waals surface area contributed by atoms with Crippen molar-refractivity contribution in [3.8, 4) is 22.3 Å². The predicted molar refractivity (Wildman–Crippen MR) is 164 cm³/mol. The summed E-state index contributed by atoms with van der Waals surface area (Å²) in [6.07, 6.45) is 18.5. The van der Waals surface area contributed by atoms with Gasteiger partial charge in [0.2, 0.25) is 0 Å². The molecule has 0 radical (unpaired) electrons. The fourth-order valence-electron chi connectivity index (χ4n) is 5.74. The Morgan fingerprint density at radius 1 is 0.711 bits per heavy atom. The van der Waals surface area contributed by atoms with E-state index in [4.69, 9.17) is 11.6 Å². The second-order valence-corrected chi connectivity index (χ2v) is 11.5. The standard InChI is InChI=1S/C36H44ClF/c1-3-5-7-8-10-11-27-13-15-28(16-14-27)29-17-19-30(20-18-29)31-21-23-32(24-22-31)34-26-25-33(12-9-6-4-2)36(38)35(34)37/h15,17-27H,3-14,16H2,1-2H3. The van der Waals surface area contributed by atoms with E-state index in [1.165, 1.54) is 74.5 Å². The average Bonchev–Trinajstić information content (AvgIpc) is 2.96. The van der Waals surface area contributed by atoms with E-state index < -0.39 is 0 Å². The fourth-order valence-corrected chi connectivity index (χ4v) is 6.03. The Balaban J connectivity index is 1.36. The van der Waals surface area contributed by atoms with E-state index in [1.54, 1.807) is 0 Å². The van der Waals surface area contributed by atoms with Crippen LogP contribution in [0.5, 0.6) is 0 Å². The summed E-state index contributed by atoms with van der Waals surface area (Å²) < 4.78 is 14.9. The number of hydrogen-bond donors (Lipinski definition) is 0. The third-order valence-electron chi connectivity index (χ3n) is 8.23. The molecular weight excluding hydrogens is 487 g/mol. The maximum absolute atomic E-state index is 14.9. The molecule has 1 aliphatic carbocycles. The van der Waals surface area contributed by atoms with Crippen LogP contribution in [0.3, 0.4) is 0 Å². The number of aryl methyl sites for hydroxylation is 1. The lowest BCUT2D eigenvalue weighted by Gasteiger charge is -2.22. The molecule has 3 aromatic carbocycles. The monoisotopic (exact) mass is 530 g/mol. The van der Waals surface area contributed by atoms with Crippen LogP contribution in [0.2, 0.25) is 5.02 Å². The Morgan fingerprint density at radius 2 is 1.32 bits per heavy atom. The lowest BCUT2D eigenvalue weighted by molar-refractivity contribution is 0.423. The molecule has 0 heterocycles. The zero-order chi connectivity index (χ0) is 26.7. The van der Waals surface area contributed by atoms with Gasteiger partial charge in [0, 0.05) is 5.56 Å². The molecule has 1 unspecified atom stereocenters. The zero-order valence-electron chi connectivity index (χ0n) is 23.4. The van der Waals surface area contributed by atoms with Crippen LogP contribution < -0.4 is 0 Å². The molecule has 0 bridgehead atoms. The van der Waals surface area contributed by atoms with Gasteiger partial charge in [0.15, 0.2) is 0 Å². The summed E-state index contributed by atoms with van der Waals surface area (Å²) in [6.45, 7) is 4.44. The third kappa shape index (κ3) is 7.60. The molecule has 0 saturated carbocycles. The van der Waals surface area contributed by atoms with E-state index >= 15 is 0 Å². The number of benzene rings is 3. The minimum Gasteiger partial charge on any atom is -0.205 e. The third-order valence-corrected chi connectivity index (χ3v) is 8.60. The van der Waals surface area contributed by atoms with Crippen LogP contribution in [-0.4, -0.2) is 0 Å². The molecule has 1 atom stereocenters. The van der Waals surface area contributed by atoms with Crippen LogP contribution in [0, 0.1) is 11.7 Å². The van der Waals surface area contributed by atoms with Crippen LogP contribution in [0.4, 0.5) is 4.39 Å². The Labute approximate surface area is 235 Å². The topological polar surface area (TPSA) is 0 Å². The summed E-state index contributed by atoms with van der Waals surface area (Å²) in [5, 5.41) is 0.232. The molecule has 0 nitrogen and oxygen atoms in total. The minimum absolute atomic E-state index is 0.232. The molecule has 0 N–H and O–H groups in total. The van der Waals surface area contributed by atoms with Crippen LogP contribution in [0.25, 0.3) is 27.8 Å². The van der Waals surface area contributed by atoms with Gasteiger partial charge in [-0.1, -0.05) is 144 Å². The van der Waals surface area contributed by atoms with Gasteiger partial charge in [-0.3, -0.25) is 0 Å². The molecule has 0 saturated heterocycles. The number of allylic oxidation sites excluding steroid dienone is 2. The van der Waals surface area contributed by atoms with Gasteiger partial charge < -0.3 is 0 Å². The van der Waals surface area contributed by atoms with Gasteiger partial charge in [-0.15, -0.1) is 0 Å². The first kappa shape index (κ1) is 28.6. The molecule has 1 aliphatic rings. The van der Waals surface area contributed by atoms with E-state index in [9.17, 15) is 4.39 Å². The normalized spacial score (nSPS) is 15.5. The van der Waals surface area contributed by atoms with Gasteiger partial charge in [-0.2, -0.15) is 0 Å².